The number of halogens is 1. The third-order valence-corrected chi connectivity index (χ3v) is 5.41. The van der Waals surface area contributed by atoms with Gasteiger partial charge in [-0.15, -0.1) is 0 Å². The molecule has 2 atom stereocenters. The predicted octanol–water partition coefficient (Wildman–Crippen LogP) is 3.93. The van der Waals surface area contributed by atoms with Crippen molar-refractivity contribution >= 4 is 23.3 Å². The van der Waals surface area contributed by atoms with Crippen LogP contribution in [0.5, 0.6) is 0 Å². The monoisotopic (exact) mass is 449 g/mol. The SMILES string of the molecule is O=C(Nc1ccccc1)Nc1ccc([C@@H](O)[C@H]2COCC(=O)N2Cc2ccc(F)cc2)cc1. The minimum atomic E-state index is -0.998. The maximum absolute atomic E-state index is 13.2. The van der Waals surface area contributed by atoms with Crippen molar-refractivity contribution < 1.29 is 23.8 Å². The fourth-order valence-electron chi connectivity index (χ4n) is 3.68. The number of aliphatic hydroxyl groups is 1. The number of para-hydroxylation sites is 1. The molecule has 3 aromatic rings. The molecule has 1 aliphatic heterocycles. The highest BCUT2D eigenvalue weighted by Crippen LogP contribution is 2.27. The van der Waals surface area contributed by atoms with Crippen LogP contribution >= 0.6 is 0 Å². The number of aliphatic hydroxyl groups excluding tert-OH is 1. The van der Waals surface area contributed by atoms with Crippen molar-refractivity contribution in [2.45, 2.75) is 18.7 Å². The van der Waals surface area contributed by atoms with E-state index in [4.69, 9.17) is 4.74 Å². The number of hydrogen-bond acceptors (Lipinski definition) is 4. The van der Waals surface area contributed by atoms with Gasteiger partial charge in [-0.3, -0.25) is 4.79 Å². The average molecular weight is 449 g/mol. The van der Waals surface area contributed by atoms with Crippen molar-refractivity contribution in [1.29, 1.82) is 0 Å². The summed E-state index contributed by atoms with van der Waals surface area (Å²) in [7, 11) is 0. The second-order valence-electron chi connectivity index (χ2n) is 7.74. The van der Waals surface area contributed by atoms with E-state index in [1.807, 2.05) is 18.2 Å². The molecule has 0 spiro atoms. The number of carbonyl (C=O) groups is 2. The summed E-state index contributed by atoms with van der Waals surface area (Å²) in [6, 6.07) is 20.7. The van der Waals surface area contributed by atoms with E-state index in [1.54, 1.807) is 53.4 Å². The van der Waals surface area contributed by atoms with Crippen molar-refractivity contribution in [3.8, 4) is 0 Å². The van der Waals surface area contributed by atoms with Crippen molar-refractivity contribution in [1.82, 2.24) is 4.90 Å². The van der Waals surface area contributed by atoms with Gasteiger partial charge in [-0.2, -0.15) is 0 Å². The molecule has 8 heteroatoms. The quantitative estimate of drug-likeness (QED) is 0.532. The Balaban J connectivity index is 1.42. The van der Waals surface area contributed by atoms with E-state index < -0.39 is 12.1 Å². The molecule has 3 N–H and O–H groups in total. The highest BCUT2D eigenvalue weighted by Gasteiger charge is 2.34. The Morgan fingerprint density at radius 3 is 2.30 bits per heavy atom. The first-order valence-corrected chi connectivity index (χ1v) is 10.5. The molecule has 4 rings (SSSR count). The van der Waals surface area contributed by atoms with Crippen LogP contribution < -0.4 is 10.6 Å². The summed E-state index contributed by atoms with van der Waals surface area (Å²) in [4.78, 5) is 26.2. The van der Waals surface area contributed by atoms with Crippen LogP contribution in [0.2, 0.25) is 0 Å². The van der Waals surface area contributed by atoms with E-state index in [2.05, 4.69) is 10.6 Å². The van der Waals surface area contributed by atoms with Crippen LogP contribution in [-0.4, -0.2) is 41.2 Å². The van der Waals surface area contributed by atoms with Gasteiger partial charge < -0.3 is 25.4 Å². The average Bonchev–Trinajstić information content (AvgIpc) is 2.82. The Hall–Kier alpha value is -3.75. The van der Waals surface area contributed by atoms with Crippen LogP contribution in [0.4, 0.5) is 20.6 Å². The Morgan fingerprint density at radius 2 is 1.64 bits per heavy atom. The molecule has 0 radical (unpaired) electrons. The van der Waals surface area contributed by atoms with Gasteiger partial charge in [0.05, 0.1) is 12.6 Å². The smallest absolute Gasteiger partial charge is 0.323 e. The molecular formula is C25H24FN3O4. The largest absolute Gasteiger partial charge is 0.386 e. The number of carbonyl (C=O) groups excluding carboxylic acids is 2. The van der Waals surface area contributed by atoms with Gasteiger partial charge in [0.25, 0.3) is 0 Å². The molecule has 1 heterocycles. The summed E-state index contributed by atoms with van der Waals surface area (Å²) in [6.45, 7) is 0.348. The predicted molar refractivity (Wildman–Crippen MR) is 122 cm³/mol. The number of ether oxygens (including phenoxy) is 1. The van der Waals surface area contributed by atoms with E-state index in [-0.39, 0.29) is 37.5 Å². The van der Waals surface area contributed by atoms with Crippen LogP contribution in [0, 0.1) is 5.82 Å². The number of hydrogen-bond donors (Lipinski definition) is 3. The van der Waals surface area contributed by atoms with E-state index in [0.717, 1.165) is 5.56 Å². The summed E-state index contributed by atoms with van der Waals surface area (Å²) in [5, 5.41) is 16.5. The Morgan fingerprint density at radius 1 is 1.00 bits per heavy atom. The normalized spacial score (nSPS) is 16.8. The fraction of sp³-hybridized carbons (Fsp3) is 0.200. The van der Waals surface area contributed by atoms with Crippen LogP contribution in [-0.2, 0) is 16.1 Å². The zero-order chi connectivity index (χ0) is 23.2. The first-order chi connectivity index (χ1) is 16.0. The molecule has 7 nitrogen and oxygen atoms in total. The molecule has 0 aliphatic carbocycles. The van der Waals surface area contributed by atoms with Gasteiger partial charge in [-0.1, -0.05) is 42.5 Å². The number of morpholine rings is 1. The molecule has 0 unspecified atom stereocenters. The third kappa shape index (κ3) is 5.74. The Kier molecular flexibility index (Phi) is 6.97. The van der Waals surface area contributed by atoms with Gasteiger partial charge in [0.2, 0.25) is 5.91 Å². The second-order valence-corrected chi connectivity index (χ2v) is 7.74. The van der Waals surface area contributed by atoms with Crippen LogP contribution in [0.1, 0.15) is 17.2 Å². The number of anilines is 2. The number of nitrogens with zero attached hydrogens (tertiary/aromatic N) is 1. The van der Waals surface area contributed by atoms with Crippen molar-refractivity contribution in [2.75, 3.05) is 23.8 Å². The van der Waals surface area contributed by atoms with E-state index in [1.165, 1.54) is 12.1 Å². The molecule has 0 saturated carbocycles. The van der Waals surface area contributed by atoms with Gasteiger partial charge >= 0.3 is 6.03 Å². The number of amides is 3. The summed E-state index contributed by atoms with van der Waals surface area (Å²) >= 11 is 0. The molecule has 1 saturated heterocycles. The number of urea groups is 1. The molecular weight excluding hydrogens is 425 g/mol. The summed E-state index contributed by atoms with van der Waals surface area (Å²) in [6.07, 6.45) is -0.998. The zero-order valence-corrected chi connectivity index (χ0v) is 17.8. The first kappa shape index (κ1) is 22.4. The lowest BCUT2D eigenvalue weighted by atomic mass is 9.99. The molecule has 1 fully saturated rings. The lowest BCUT2D eigenvalue weighted by Crippen LogP contribution is -2.51. The van der Waals surface area contributed by atoms with E-state index >= 15 is 0 Å². The highest BCUT2D eigenvalue weighted by atomic mass is 19.1. The molecule has 3 aromatic carbocycles. The molecule has 1 aliphatic rings. The van der Waals surface area contributed by atoms with Gasteiger partial charge in [0.1, 0.15) is 18.5 Å². The maximum Gasteiger partial charge on any atom is 0.323 e. The van der Waals surface area contributed by atoms with Crippen molar-refractivity contribution in [2.24, 2.45) is 0 Å². The third-order valence-electron chi connectivity index (χ3n) is 5.41. The summed E-state index contributed by atoms with van der Waals surface area (Å²) in [5.74, 6) is -0.597. The highest BCUT2D eigenvalue weighted by molar-refractivity contribution is 5.99. The topological polar surface area (TPSA) is 90.9 Å². The molecule has 170 valence electrons. The van der Waals surface area contributed by atoms with Crippen LogP contribution in [0.15, 0.2) is 78.9 Å². The Bertz CT molecular complexity index is 1090. The van der Waals surface area contributed by atoms with E-state index in [0.29, 0.717) is 16.9 Å². The molecule has 33 heavy (non-hydrogen) atoms. The van der Waals surface area contributed by atoms with Gasteiger partial charge in [-0.05, 0) is 47.5 Å². The van der Waals surface area contributed by atoms with Gasteiger partial charge in [0, 0.05) is 17.9 Å². The van der Waals surface area contributed by atoms with Crippen LogP contribution in [0.25, 0.3) is 0 Å². The zero-order valence-electron chi connectivity index (χ0n) is 17.8. The summed E-state index contributed by atoms with van der Waals surface area (Å²) < 4.78 is 18.6. The maximum atomic E-state index is 13.2. The molecule has 0 aromatic heterocycles. The Labute approximate surface area is 190 Å². The first-order valence-electron chi connectivity index (χ1n) is 10.5. The number of rotatable bonds is 6. The van der Waals surface area contributed by atoms with Crippen molar-refractivity contribution in [3.05, 3.63) is 95.8 Å². The minimum absolute atomic E-state index is 0.0657. The standard InChI is InChI=1S/C25H24FN3O4/c26-19-10-6-17(7-11-19)14-29-22(15-33-16-23(29)30)24(31)18-8-12-21(13-9-18)28-25(32)27-20-4-2-1-3-5-20/h1-13,22,24,31H,14-16H2,(H2,27,28,32)/t22-,24-/m1/s1. The number of benzene rings is 3. The van der Waals surface area contributed by atoms with Crippen molar-refractivity contribution in [3.63, 3.8) is 0 Å². The number of nitrogens with one attached hydrogen (secondary N) is 2. The van der Waals surface area contributed by atoms with E-state index in [9.17, 15) is 19.1 Å². The fourth-order valence-corrected chi connectivity index (χ4v) is 3.68. The molecule has 0 bridgehead atoms. The van der Waals surface area contributed by atoms with Crippen LogP contribution in [0.3, 0.4) is 0 Å². The van der Waals surface area contributed by atoms with Gasteiger partial charge in [-0.25, -0.2) is 9.18 Å². The lowest BCUT2D eigenvalue weighted by Gasteiger charge is -2.38. The summed E-state index contributed by atoms with van der Waals surface area (Å²) in [5.41, 5.74) is 2.56. The minimum Gasteiger partial charge on any atom is -0.386 e. The second kappa shape index (κ2) is 10.2. The lowest BCUT2D eigenvalue weighted by molar-refractivity contribution is -0.155. The molecule has 3 amide bonds. The van der Waals surface area contributed by atoms with Gasteiger partial charge in [0.15, 0.2) is 0 Å².